The molecular formula is C17H16ClN3O. The molecule has 22 heavy (non-hydrogen) atoms. The minimum Gasteiger partial charge on any atom is -0.396 e. The minimum absolute atomic E-state index is 0.0647. The van der Waals surface area contributed by atoms with Crippen LogP contribution < -0.4 is 5.32 Å². The fourth-order valence-corrected chi connectivity index (χ4v) is 2.76. The second kappa shape index (κ2) is 6.73. The van der Waals surface area contributed by atoms with E-state index >= 15 is 0 Å². The summed E-state index contributed by atoms with van der Waals surface area (Å²) in [5, 5.41) is 15.4. The van der Waals surface area contributed by atoms with E-state index in [0.717, 1.165) is 22.2 Å². The van der Waals surface area contributed by atoms with Crippen LogP contribution in [0.15, 0.2) is 55.0 Å². The molecule has 2 N–H and O–H groups in total. The number of aromatic nitrogens is 2. The van der Waals surface area contributed by atoms with Gasteiger partial charge in [0.05, 0.1) is 6.04 Å². The number of fused-ring (bicyclic) bond motifs is 1. The molecule has 0 bridgehead atoms. The second-order valence-electron chi connectivity index (χ2n) is 4.99. The first-order valence-electron chi connectivity index (χ1n) is 7.10. The average molecular weight is 314 g/mol. The van der Waals surface area contributed by atoms with E-state index in [9.17, 15) is 5.11 Å². The molecule has 0 fully saturated rings. The fourth-order valence-electron chi connectivity index (χ4n) is 2.49. The third-order valence-electron chi connectivity index (χ3n) is 3.57. The molecular weight excluding hydrogens is 298 g/mol. The molecule has 112 valence electrons. The molecule has 3 rings (SSSR count). The summed E-state index contributed by atoms with van der Waals surface area (Å²) >= 11 is 6.29. The third-order valence-corrected chi connectivity index (χ3v) is 3.92. The van der Waals surface area contributed by atoms with Crippen LogP contribution in [0.3, 0.4) is 0 Å². The number of hydrogen-bond donors (Lipinski definition) is 2. The molecule has 0 aliphatic carbocycles. The molecule has 0 amide bonds. The number of pyridine rings is 2. The van der Waals surface area contributed by atoms with E-state index in [4.69, 9.17) is 11.6 Å². The van der Waals surface area contributed by atoms with Crippen molar-refractivity contribution in [1.82, 2.24) is 9.97 Å². The fraction of sp³-hybridized carbons (Fsp3) is 0.176. The molecule has 5 heteroatoms. The van der Waals surface area contributed by atoms with Crippen LogP contribution in [0.5, 0.6) is 0 Å². The van der Waals surface area contributed by atoms with Crippen molar-refractivity contribution in [3.63, 3.8) is 0 Å². The zero-order chi connectivity index (χ0) is 15.4. The smallest absolute Gasteiger partial charge is 0.134 e. The summed E-state index contributed by atoms with van der Waals surface area (Å²) in [5.74, 6) is 0.762. The Labute approximate surface area is 133 Å². The molecule has 0 spiro atoms. The second-order valence-corrected chi connectivity index (χ2v) is 5.39. The van der Waals surface area contributed by atoms with Crippen molar-refractivity contribution in [3.05, 3.63) is 65.6 Å². The molecule has 1 unspecified atom stereocenters. The van der Waals surface area contributed by atoms with Crippen LogP contribution in [0.1, 0.15) is 18.0 Å². The predicted molar refractivity (Wildman–Crippen MR) is 89.1 cm³/mol. The van der Waals surface area contributed by atoms with E-state index < -0.39 is 0 Å². The van der Waals surface area contributed by atoms with E-state index in [1.165, 1.54) is 0 Å². The summed E-state index contributed by atoms with van der Waals surface area (Å²) in [4.78, 5) is 8.55. The zero-order valence-electron chi connectivity index (χ0n) is 11.9. The Kier molecular flexibility index (Phi) is 4.51. The number of benzene rings is 1. The Morgan fingerprint density at radius 2 is 2.00 bits per heavy atom. The number of anilines is 1. The van der Waals surface area contributed by atoms with Gasteiger partial charge in [0, 0.05) is 41.0 Å². The lowest BCUT2D eigenvalue weighted by Crippen LogP contribution is -2.14. The standard InChI is InChI=1S/C17H16ClN3O/c18-15-4-2-1-3-14(15)16(7-10-22)21-17-13-6-8-19-11-12(13)5-9-20-17/h1-6,8-9,11,16,22H,7,10H2,(H,20,21). The van der Waals surface area contributed by atoms with Crippen molar-refractivity contribution in [2.24, 2.45) is 0 Å². The quantitative estimate of drug-likeness (QED) is 0.752. The maximum Gasteiger partial charge on any atom is 0.134 e. The summed E-state index contributed by atoms with van der Waals surface area (Å²) in [7, 11) is 0. The third kappa shape index (κ3) is 3.03. The van der Waals surface area contributed by atoms with Gasteiger partial charge < -0.3 is 10.4 Å². The van der Waals surface area contributed by atoms with Gasteiger partial charge in [-0.25, -0.2) is 4.98 Å². The summed E-state index contributed by atoms with van der Waals surface area (Å²) in [6.07, 6.45) is 5.84. The van der Waals surface area contributed by atoms with E-state index in [0.29, 0.717) is 11.4 Å². The van der Waals surface area contributed by atoms with E-state index in [-0.39, 0.29) is 12.6 Å². The number of hydrogen-bond acceptors (Lipinski definition) is 4. The first kappa shape index (κ1) is 14.8. The normalized spacial score (nSPS) is 12.3. The molecule has 1 aromatic carbocycles. The number of halogens is 1. The highest BCUT2D eigenvalue weighted by Crippen LogP contribution is 2.30. The molecule has 1 atom stereocenters. The lowest BCUT2D eigenvalue weighted by molar-refractivity contribution is 0.280. The maximum atomic E-state index is 9.37. The average Bonchev–Trinajstić information content (AvgIpc) is 2.55. The molecule has 0 radical (unpaired) electrons. The molecule has 0 saturated carbocycles. The Morgan fingerprint density at radius 1 is 1.14 bits per heavy atom. The monoisotopic (exact) mass is 313 g/mol. The molecule has 3 aromatic rings. The van der Waals surface area contributed by atoms with Gasteiger partial charge in [-0.05, 0) is 30.2 Å². The number of rotatable bonds is 5. The van der Waals surface area contributed by atoms with Crippen LogP contribution in [-0.2, 0) is 0 Å². The topological polar surface area (TPSA) is 58.0 Å². The van der Waals surface area contributed by atoms with Crippen LogP contribution >= 0.6 is 11.6 Å². The number of nitrogens with zero attached hydrogens (tertiary/aromatic N) is 2. The first-order chi connectivity index (χ1) is 10.8. The van der Waals surface area contributed by atoms with Crippen LogP contribution in [0, 0.1) is 0 Å². The highest BCUT2D eigenvalue weighted by atomic mass is 35.5. The Morgan fingerprint density at radius 3 is 2.82 bits per heavy atom. The molecule has 0 aliphatic rings. The number of aliphatic hydroxyl groups excluding tert-OH is 1. The van der Waals surface area contributed by atoms with Crippen molar-refractivity contribution in [1.29, 1.82) is 0 Å². The highest BCUT2D eigenvalue weighted by molar-refractivity contribution is 6.31. The Bertz CT molecular complexity index is 773. The zero-order valence-corrected chi connectivity index (χ0v) is 12.7. The molecule has 2 heterocycles. The summed E-state index contributed by atoms with van der Waals surface area (Å²) in [6.45, 7) is 0.0647. The van der Waals surface area contributed by atoms with Crippen LogP contribution in [0.2, 0.25) is 5.02 Å². The van der Waals surface area contributed by atoms with Crippen LogP contribution in [0.4, 0.5) is 5.82 Å². The van der Waals surface area contributed by atoms with Crippen LogP contribution in [-0.4, -0.2) is 21.7 Å². The Hall–Kier alpha value is -2.17. The predicted octanol–water partition coefficient (Wildman–Crippen LogP) is 3.82. The van der Waals surface area contributed by atoms with Gasteiger partial charge in [0.15, 0.2) is 0 Å². The minimum atomic E-state index is -0.107. The van der Waals surface area contributed by atoms with E-state index in [2.05, 4.69) is 15.3 Å². The maximum absolute atomic E-state index is 9.37. The SMILES string of the molecule is OCCC(Nc1nccc2cnccc12)c1ccccc1Cl. The summed E-state index contributed by atoms with van der Waals surface area (Å²) < 4.78 is 0. The van der Waals surface area contributed by atoms with Gasteiger partial charge in [0.1, 0.15) is 5.82 Å². The molecule has 2 aromatic heterocycles. The number of aliphatic hydroxyl groups is 1. The van der Waals surface area contributed by atoms with Crippen molar-refractivity contribution in [2.45, 2.75) is 12.5 Å². The molecule has 0 saturated heterocycles. The summed E-state index contributed by atoms with van der Waals surface area (Å²) in [6, 6.07) is 11.4. The molecule has 0 aliphatic heterocycles. The van der Waals surface area contributed by atoms with E-state index in [1.54, 1.807) is 18.6 Å². The van der Waals surface area contributed by atoms with E-state index in [1.807, 2.05) is 36.4 Å². The van der Waals surface area contributed by atoms with Gasteiger partial charge in [0.25, 0.3) is 0 Å². The molecule has 4 nitrogen and oxygen atoms in total. The van der Waals surface area contributed by atoms with Gasteiger partial charge >= 0.3 is 0 Å². The van der Waals surface area contributed by atoms with Gasteiger partial charge in [0.2, 0.25) is 0 Å². The van der Waals surface area contributed by atoms with Crippen molar-refractivity contribution in [3.8, 4) is 0 Å². The lowest BCUT2D eigenvalue weighted by atomic mass is 10.0. The van der Waals surface area contributed by atoms with Crippen molar-refractivity contribution < 1.29 is 5.11 Å². The Balaban J connectivity index is 1.98. The van der Waals surface area contributed by atoms with Gasteiger partial charge in [-0.15, -0.1) is 0 Å². The van der Waals surface area contributed by atoms with Gasteiger partial charge in [-0.1, -0.05) is 29.8 Å². The lowest BCUT2D eigenvalue weighted by Gasteiger charge is -2.21. The van der Waals surface area contributed by atoms with Crippen LogP contribution in [0.25, 0.3) is 10.8 Å². The number of nitrogens with one attached hydrogen (secondary N) is 1. The summed E-state index contributed by atoms with van der Waals surface area (Å²) in [5.41, 5.74) is 0.950. The van der Waals surface area contributed by atoms with Gasteiger partial charge in [-0.2, -0.15) is 0 Å². The van der Waals surface area contributed by atoms with Crippen molar-refractivity contribution >= 4 is 28.2 Å². The first-order valence-corrected chi connectivity index (χ1v) is 7.48. The highest BCUT2D eigenvalue weighted by Gasteiger charge is 2.15. The van der Waals surface area contributed by atoms with Gasteiger partial charge in [-0.3, -0.25) is 4.98 Å². The largest absolute Gasteiger partial charge is 0.396 e. The van der Waals surface area contributed by atoms with Crippen molar-refractivity contribution in [2.75, 3.05) is 11.9 Å².